The second-order valence-electron chi connectivity index (χ2n) is 6.78. The predicted molar refractivity (Wildman–Crippen MR) is 111 cm³/mol. The first-order valence-corrected chi connectivity index (χ1v) is 9.71. The van der Waals surface area contributed by atoms with Crippen molar-refractivity contribution in [2.75, 3.05) is 20.3 Å². The van der Waals surface area contributed by atoms with E-state index in [1.165, 1.54) is 19.2 Å². The molecule has 33 heavy (non-hydrogen) atoms. The van der Waals surface area contributed by atoms with Gasteiger partial charge >= 0.3 is 12.1 Å². The molecule has 0 aliphatic rings. The van der Waals surface area contributed by atoms with Crippen LogP contribution in [-0.2, 0) is 6.18 Å². The van der Waals surface area contributed by atoms with Gasteiger partial charge in [0.25, 0.3) is 5.91 Å². The summed E-state index contributed by atoms with van der Waals surface area (Å²) in [6.07, 6.45) is -4.70. The van der Waals surface area contributed by atoms with Gasteiger partial charge in [0.2, 0.25) is 5.82 Å². The molecule has 0 aliphatic carbocycles. The highest BCUT2D eigenvalue weighted by Gasteiger charge is 2.38. The van der Waals surface area contributed by atoms with Crippen LogP contribution in [0.1, 0.15) is 16.4 Å². The van der Waals surface area contributed by atoms with Crippen LogP contribution in [0.15, 0.2) is 59.1 Å². The summed E-state index contributed by atoms with van der Waals surface area (Å²) in [5, 5.41) is 6.85. The summed E-state index contributed by atoms with van der Waals surface area (Å²) in [6, 6.07) is 15.0. The zero-order valence-electron chi connectivity index (χ0n) is 17.2. The number of halogens is 3. The van der Waals surface area contributed by atoms with Gasteiger partial charge in [-0.25, -0.2) is 4.98 Å². The number of ether oxygens (including phenoxy) is 2. The van der Waals surface area contributed by atoms with E-state index in [2.05, 4.69) is 25.0 Å². The average Bonchev–Trinajstić information content (AvgIpc) is 3.32. The van der Waals surface area contributed by atoms with Crippen LogP contribution in [0.2, 0.25) is 0 Å². The third-order valence-electron chi connectivity index (χ3n) is 4.57. The number of methoxy groups -OCH3 is 1. The van der Waals surface area contributed by atoms with E-state index in [-0.39, 0.29) is 30.6 Å². The molecule has 2 aromatic heterocycles. The number of fused-ring (bicyclic) bond motifs is 1. The Hall–Kier alpha value is -4.15. The summed E-state index contributed by atoms with van der Waals surface area (Å²) in [6.45, 7) is 0.368. The van der Waals surface area contributed by atoms with E-state index in [4.69, 9.17) is 9.47 Å². The zero-order valence-corrected chi connectivity index (χ0v) is 17.2. The van der Waals surface area contributed by atoms with Gasteiger partial charge in [0, 0.05) is 17.0 Å². The third kappa shape index (κ3) is 5.03. The van der Waals surface area contributed by atoms with Gasteiger partial charge in [-0.2, -0.15) is 18.2 Å². The number of rotatable bonds is 7. The van der Waals surface area contributed by atoms with Gasteiger partial charge in [0.1, 0.15) is 23.8 Å². The lowest BCUT2D eigenvalue weighted by Gasteiger charge is -2.10. The minimum absolute atomic E-state index is 0.163. The maximum atomic E-state index is 12.6. The molecule has 0 unspecified atom stereocenters. The molecule has 11 heteroatoms. The maximum absolute atomic E-state index is 12.6. The number of hydrogen-bond donors (Lipinski definition) is 1. The second-order valence-corrected chi connectivity index (χ2v) is 6.78. The molecule has 8 nitrogen and oxygen atoms in total. The molecule has 4 rings (SSSR count). The Morgan fingerprint density at radius 1 is 1.09 bits per heavy atom. The van der Waals surface area contributed by atoms with E-state index in [0.717, 1.165) is 5.39 Å². The van der Waals surface area contributed by atoms with Crippen LogP contribution in [0.5, 0.6) is 11.5 Å². The number of pyridine rings is 1. The fourth-order valence-corrected chi connectivity index (χ4v) is 3.01. The van der Waals surface area contributed by atoms with Crippen molar-refractivity contribution in [3.8, 4) is 22.9 Å². The monoisotopic (exact) mass is 458 g/mol. The Morgan fingerprint density at radius 2 is 1.85 bits per heavy atom. The zero-order chi connectivity index (χ0) is 23.4. The largest absolute Gasteiger partial charge is 0.496 e. The summed E-state index contributed by atoms with van der Waals surface area (Å²) < 4.78 is 52.8. The normalized spacial score (nSPS) is 11.4. The number of para-hydroxylation sites is 1. The van der Waals surface area contributed by atoms with E-state index in [1.807, 2.05) is 18.2 Å². The van der Waals surface area contributed by atoms with Gasteiger partial charge in [-0.1, -0.05) is 17.3 Å². The van der Waals surface area contributed by atoms with E-state index in [0.29, 0.717) is 22.6 Å². The fraction of sp³-hybridized carbons (Fsp3) is 0.182. The number of carbonyl (C=O) groups is 1. The highest BCUT2D eigenvalue weighted by molar-refractivity contribution is 5.97. The summed E-state index contributed by atoms with van der Waals surface area (Å²) >= 11 is 0. The fourth-order valence-electron chi connectivity index (χ4n) is 3.01. The topological polar surface area (TPSA) is 99.4 Å². The first-order chi connectivity index (χ1) is 15.8. The number of nitrogens with one attached hydrogen (secondary N) is 1. The van der Waals surface area contributed by atoms with Crippen LogP contribution in [0, 0.1) is 0 Å². The lowest BCUT2D eigenvalue weighted by molar-refractivity contribution is -0.159. The van der Waals surface area contributed by atoms with E-state index in [1.54, 1.807) is 24.3 Å². The molecule has 0 spiro atoms. The molecule has 0 bridgehead atoms. The van der Waals surface area contributed by atoms with E-state index < -0.39 is 12.1 Å². The number of hydrogen-bond acceptors (Lipinski definition) is 7. The Labute approximate surface area is 185 Å². The summed E-state index contributed by atoms with van der Waals surface area (Å²) in [5.41, 5.74) is 1.20. The SMILES string of the molecule is COc1cc(C(=O)NCCOc2ccc(-c3noc(C(F)(F)F)n3)cc2)nc2ccccc12. The van der Waals surface area contributed by atoms with Gasteiger partial charge in [0.15, 0.2) is 0 Å². The van der Waals surface area contributed by atoms with Crippen molar-refractivity contribution in [2.45, 2.75) is 6.18 Å². The smallest absolute Gasteiger partial charge is 0.471 e. The Balaban J connectivity index is 1.31. The van der Waals surface area contributed by atoms with Crippen molar-refractivity contribution < 1.29 is 32.0 Å². The molecule has 2 heterocycles. The number of nitrogens with zero attached hydrogens (tertiary/aromatic N) is 3. The van der Waals surface area contributed by atoms with Crippen LogP contribution in [-0.4, -0.2) is 41.3 Å². The van der Waals surface area contributed by atoms with Gasteiger partial charge in [0.05, 0.1) is 19.2 Å². The van der Waals surface area contributed by atoms with E-state index >= 15 is 0 Å². The minimum Gasteiger partial charge on any atom is -0.496 e. The molecular formula is C22H17F3N4O4. The Bertz CT molecular complexity index is 1270. The number of aromatic nitrogens is 3. The number of amides is 1. The van der Waals surface area contributed by atoms with Crippen LogP contribution < -0.4 is 14.8 Å². The molecule has 0 atom stereocenters. The van der Waals surface area contributed by atoms with Crippen molar-refractivity contribution in [3.63, 3.8) is 0 Å². The molecule has 0 fully saturated rings. The Morgan fingerprint density at radius 3 is 2.55 bits per heavy atom. The lowest BCUT2D eigenvalue weighted by atomic mass is 10.2. The maximum Gasteiger partial charge on any atom is 0.471 e. The van der Waals surface area contributed by atoms with Gasteiger partial charge in [-0.15, -0.1) is 0 Å². The predicted octanol–water partition coefficient (Wildman–Crippen LogP) is 4.12. The van der Waals surface area contributed by atoms with Crippen molar-refractivity contribution in [1.29, 1.82) is 0 Å². The van der Waals surface area contributed by atoms with Crippen molar-refractivity contribution in [1.82, 2.24) is 20.4 Å². The van der Waals surface area contributed by atoms with Crippen LogP contribution in [0.3, 0.4) is 0 Å². The molecule has 0 saturated heterocycles. The quantitative estimate of drug-likeness (QED) is 0.416. The molecule has 0 aliphatic heterocycles. The van der Waals surface area contributed by atoms with Crippen molar-refractivity contribution in [3.05, 3.63) is 66.2 Å². The molecule has 0 radical (unpaired) electrons. The lowest BCUT2D eigenvalue weighted by Crippen LogP contribution is -2.28. The minimum atomic E-state index is -4.70. The summed E-state index contributed by atoms with van der Waals surface area (Å²) in [5.74, 6) is -0.966. The standard InChI is InChI=1S/C22H17F3N4O4/c1-31-18-12-17(27-16-5-3-2-4-15(16)18)20(30)26-10-11-32-14-8-6-13(7-9-14)19-28-21(33-29-19)22(23,24)25/h2-9,12H,10-11H2,1H3,(H,26,30). The van der Waals surface area contributed by atoms with Crippen LogP contribution in [0.25, 0.3) is 22.3 Å². The van der Waals surface area contributed by atoms with Crippen molar-refractivity contribution >= 4 is 16.8 Å². The van der Waals surface area contributed by atoms with Gasteiger partial charge < -0.3 is 19.3 Å². The number of alkyl halides is 3. The Kier molecular flexibility index (Phi) is 6.11. The van der Waals surface area contributed by atoms with Crippen LogP contribution >= 0.6 is 0 Å². The van der Waals surface area contributed by atoms with E-state index in [9.17, 15) is 18.0 Å². The first-order valence-electron chi connectivity index (χ1n) is 9.71. The average molecular weight is 458 g/mol. The second kappa shape index (κ2) is 9.15. The molecule has 4 aromatic rings. The van der Waals surface area contributed by atoms with Crippen LogP contribution in [0.4, 0.5) is 13.2 Å². The van der Waals surface area contributed by atoms with Crippen molar-refractivity contribution in [2.24, 2.45) is 0 Å². The van der Waals surface area contributed by atoms with Gasteiger partial charge in [-0.3, -0.25) is 4.79 Å². The highest BCUT2D eigenvalue weighted by atomic mass is 19.4. The third-order valence-corrected chi connectivity index (χ3v) is 4.57. The molecule has 170 valence electrons. The summed E-state index contributed by atoms with van der Waals surface area (Å²) in [4.78, 5) is 20.1. The molecule has 1 N–H and O–H groups in total. The first kappa shape index (κ1) is 22.1. The molecular weight excluding hydrogens is 441 g/mol. The molecule has 1 amide bonds. The summed E-state index contributed by atoms with van der Waals surface area (Å²) in [7, 11) is 1.52. The highest BCUT2D eigenvalue weighted by Crippen LogP contribution is 2.30. The van der Waals surface area contributed by atoms with Gasteiger partial charge in [-0.05, 0) is 36.4 Å². The number of carbonyl (C=O) groups excluding carboxylic acids is 1. The molecule has 0 saturated carbocycles. The molecule has 2 aromatic carbocycles. The number of benzene rings is 2.